The van der Waals surface area contributed by atoms with Crippen LogP contribution in [0.3, 0.4) is 0 Å². The first-order chi connectivity index (χ1) is 8.29. The first-order valence-electron chi connectivity index (χ1n) is 6.51. The minimum Gasteiger partial charge on any atom is -0.298 e. The summed E-state index contributed by atoms with van der Waals surface area (Å²) in [7, 11) is 2.23. The Morgan fingerprint density at radius 2 is 2.29 bits per heavy atom. The Morgan fingerprint density at radius 1 is 1.41 bits per heavy atom. The Labute approximate surface area is 109 Å². The lowest BCUT2D eigenvalue weighted by atomic mass is 10.2. The molecule has 1 aliphatic rings. The quantitative estimate of drug-likeness (QED) is 0.798. The second kappa shape index (κ2) is 6.41. The maximum absolute atomic E-state index is 4.40. The van der Waals surface area contributed by atoms with Crippen molar-refractivity contribution in [1.29, 1.82) is 0 Å². The lowest BCUT2D eigenvalue weighted by Crippen LogP contribution is -2.29. The minimum atomic E-state index is 0.751. The number of nitrogens with zero attached hydrogens (tertiary/aromatic N) is 2. The summed E-state index contributed by atoms with van der Waals surface area (Å²) in [5.41, 5.74) is 1.18. The highest BCUT2D eigenvalue weighted by atomic mass is 32.2. The van der Waals surface area contributed by atoms with E-state index >= 15 is 0 Å². The Kier molecular flexibility index (Phi) is 4.86. The highest BCUT2D eigenvalue weighted by molar-refractivity contribution is 7.99. The third-order valence-corrected chi connectivity index (χ3v) is 4.75. The van der Waals surface area contributed by atoms with E-state index in [2.05, 4.69) is 47.7 Å². The number of pyridine rings is 1. The van der Waals surface area contributed by atoms with Gasteiger partial charge in [0.2, 0.25) is 0 Å². The Morgan fingerprint density at radius 3 is 3.00 bits per heavy atom. The molecule has 1 saturated carbocycles. The van der Waals surface area contributed by atoms with Crippen LogP contribution in [0.5, 0.6) is 0 Å². The predicted molar refractivity (Wildman–Crippen MR) is 75.3 cm³/mol. The fraction of sp³-hybridized carbons (Fsp3) is 0.643. The Hall–Kier alpha value is -0.540. The SMILES string of the molecule is CCS[C@@H]1CC[C@H](N(C)Cc2ccccn2)C1. The third-order valence-electron chi connectivity index (χ3n) is 3.52. The minimum absolute atomic E-state index is 0.751. The molecule has 0 radical (unpaired) electrons. The molecule has 17 heavy (non-hydrogen) atoms. The van der Waals surface area contributed by atoms with Crippen LogP contribution in [-0.4, -0.2) is 34.0 Å². The number of rotatable bonds is 5. The van der Waals surface area contributed by atoms with Crippen molar-refractivity contribution >= 4 is 11.8 Å². The van der Waals surface area contributed by atoms with E-state index in [1.54, 1.807) is 0 Å². The van der Waals surface area contributed by atoms with Gasteiger partial charge in [-0.2, -0.15) is 11.8 Å². The van der Waals surface area contributed by atoms with Gasteiger partial charge in [-0.05, 0) is 44.2 Å². The van der Waals surface area contributed by atoms with Crippen LogP contribution in [0, 0.1) is 0 Å². The number of thioether (sulfide) groups is 1. The van der Waals surface area contributed by atoms with Crippen molar-refractivity contribution in [2.75, 3.05) is 12.8 Å². The third kappa shape index (κ3) is 3.71. The lowest BCUT2D eigenvalue weighted by molar-refractivity contribution is 0.235. The number of aromatic nitrogens is 1. The Balaban J connectivity index is 1.83. The highest BCUT2D eigenvalue weighted by Crippen LogP contribution is 2.32. The highest BCUT2D eigenvalue weighted by Gasteiger charge is 2.27. The van der Waals surface area contributed by atoms with Gasteiger partial charge in [-0.1, -0.05) is 13.0 Å². The molecule has 1 aromatic rings. The zero-order chi connectivity index (χ0) is 12.1. The molecule has 0 unspecified atom stereocenters. The van der Waals surface area contributed by atoms with E-state index < -0.39 is 0 Å². The molecule has 0 aromatic carbocycles. The number of hydrogen-bond acceptors (Lipinski definition) is 3. The molecule has 1 fully saturated rings. The standard InChI is InChI=1S/C14H22N2S/c1-3-17-14-8-7-13(10-14)16(2)11-12-6-4-5-9-15-12/h4-6,9,13-14H,3,7-8,10-11H2,1-2H3/t13-,14+/m0/s1. The molecule has 0 aliphatic heterocycles. The molecule has 0 N–H and O–H groups in total. The summed E-state index contributed by atoms with van der Waals surface area (Å²) in [6, 6.07) is 6.91. The summed E-state index contributed by atoms with van der Waals surface area (Å²) in [4.78, 5) is 6.87. The van der Waals surface area contributed by atoms with E-state index in [1.165, 1.54) is 30.7 Å². The largest absolute Gasteiger partial charge is 0.298 e. The van der Waals surface area contributed by atoms with E-state index in [4.69, 9.17) is 0 Å². The van der Waals surface area contributed by atoms with Gasteiger partial charge in [0, 0.05) is 24.0 Å². The number of hydrogen-bond donors (Lipinski definition) is 0. The van der Waals surface area contributed by atoms with Crippen LogP contribution in [0.15, 0.2) is 24.4 Å². The molecule has 0 amide bonds. The summed E-state index contributed by atoms with van der Waals surface area (Å²) < 4.78 is 0. The van der Waals surface area contributed by atoms with Gasteiger partial charge in [0.05, 0.1) is 5.69 Å². The van der Waals surface area contributed by atoms with Crippen LogP contribution in [-0.2, 0) is 6.54 Å². The fourth-order valence-electron chi connectivity index (χ4n) is 2.58. The van der Waals surface area contributed by atoms with Crippen LogP contribution < -0.4 is 0 Å². The van der Waals surface area contributed by atoms with Crippen LogP contribution in [0.1, 0.15) is 31.9 Å². The predicted octanol–water partition coefficient (Wildman–Crippen LogP) is 3.19. The van der Waals surface area contributed by atoms with Crippen LogP contribution >= 0.6 is 11.8 Å². The van der Waals surface area contributed by atoms with Gasteiger partial charge in [0.1, 0.15) is 0 Å². The average Bonchev–Trinajstić information content (AvgIpc) is 2.79. The zero-order valence-corrected chi connectivity index (χ0v) is 11.6. The van der Waals surface area contributed by atoms with Gasteiger partial charge in [-0.25, -0.2) is 0 Å². The van der Waals surface area contributed by atoms with Crippen molar-refractivity contribution in [3.05, 3.63) is 30.1 Å². The van der Waals surface area contributed by atoms with Crippen LogP contribution in [0.4, 0.5) is 0 Å². The molecule has 2 atom stereocenters. The van der Waals surface area contributed by atoms with Gasteiger partial charge in [-0.15, -0.1) is 0 Å². The Bertz CT molecular complexity index is 328. The fourth-order valence-corrected chi connectivity index (χ4v) is 3.71. The van der Waals surface area contributed by atoms with Crippen LogP contribution in [0.25, 0.3) is 0 Å². The second-order valence-electron chi connectivity index (χ2n) is 4.78. The van der Waals surface area contributed by atoms with Crippen molar-refractivity contribution in [3.63, 3.8) is 0 Å². The molecular weight excluding hydrogens is 228 g/mol. The van der Waals surface area contributed by atoms with Crippen LogP contribution in [0.2, 0.25) is 0 Å². The molecule has 0 bridgehead atoms. The molecule has 1 aromatic heterocycles. The van der Waals surface area contributed by atoms with Gasteiger partial charge >= 0.3 is 0 Å². The molecular formula is C14H22N2S. The van der Waals surface area contributed by atoms with E-state index in [9.17, 15) is 0 Å². The maximum atomic E-state index is 4.40. The summed E-state index contributed by atoms with van der Waals surface area (Å²) in [5, 5.41) is 0.885. The maximum Gasteiger partial charge on any atom is 0.0543 e. The van der Waals surface area contributed by atoms with Crippen molar-refractivity contribution in [1.82, 2.24) is 9.88 Å². The molecule has 2 rings (SSSR count). The first-order valence-corrected chi connectivity index (χ1v) is 7.56. The van der Waals surface area contributed by atoms with E-state index in [1.807, 2.05) is 12.3 Å². The van der Waals surface area contributed by atoms with Gasteiger partial charge in [0.15, 0.2) is 0 Å². The normalized spacial score (nSPS) is 24.4. The first kappa shape index (κ1) is 12.9. The molecule has 0 spiro atoms. The van der Waals surface area contributed by atoms with Crippen molar-refractivity contribution in [3.8, 4) is 0 Å². The van der Waals surface area contributed by atoms with Gasteiger partial charge in [0.25, 0.3) is 0 Å². The van der Waals surface area contributed by atoms with Crippen molar-refractivity contribution in [2.45, 2.75) is 44.0 Å². The average molecular weight is 250 g/mol. The molecule has 1 aliphatic carbocycles. The zero-order valence-electron chi connectivity index (χ0n) is 10.8. The second-order valence-corrected chi connectivity index (χ2v) is 6.36. The van der Waals surface area contributed by atoms with E-state index in [-0.39, 0.29) is 0 Å². The molecule has 94 valence electrons. The van der Waals surface area contributed by atoms with E-state index in [0.29, 0.717) is 0 Å². The molecule has 1 heterocycles. The summed E-state index contributed by atoms with van der Waals surface area (Å²) in [5.74, 6) is 1.25. The monoisotopic (exact) mass is 250 g/mol. The van der Waals surface area contributed by atoms with Gasteiger partial charge < -0.3 is 0 Å². The summed E-state index contributed by atoms with van der Waals surface area (Å²) >= 11 is 2.12. The summed E-state index contributed by atoms with van der Waals surface area (Å²) in [6.45, 7) is 3.24. The topological polar surface area (TPSA) is 16.1 Å². The molecule has 2 nitrogen and oxygen atoms in total. The summed E-state index contributed by atoms with van der Waals surface area (Å²) in [6.07, 6.45) is 5.96. The molecule has 0 saturated heterocycles. The van der Waals surface area contributed by atoms with E-state index in [0.717, 1.165) is 17.8 Å². The smallest absolute Gasteiger partial charge is 0.0543 e. The lowest BCUT2D eigenvalue weighted by Gasteiger charge is -2.23. The van der Waals surface area contributed by atoms with Crippen molar-refractivity contribution in [2.24, 2.45) is 0 Å². The molecule has 3 heteroatoms. The van der Waals surface area contributed by atoms with Gasteiger partial charge in [-0.3, -0.25) is 9.88 Å². The van der Waals surface area contributed by atoms with Crippen molar-refractivity contribution < 1.29 is 0 Å².